The van der Waals surface area contributed by atoms with Crippen LogP contribution in [0.4, 0.5) is 0 Å². The first-order valence-electron chi connectivity index (χ1n) is 7.39. The Morgan fingerprint density at radius 3 is 3.00 bits per heavy atom. The monoisotopic (exact) mass is 350 g/mol. The van der Waals surface area contributed by atoms with Crippen molar-refractivity contribution in [1.29, 1.82) is 0 Å². The highest BCUT2D eigenvalue weighted by Gasteiger charge is 2.33. The van der Waals surface area contributed by atoms with E-state index in [0.717, 1.165) is 11.4 Å². The Balaban J connectivity index is 1.65. The van der Waals surface area contributed by atoms with E-state index in [0.29, 0.717) is 18.6 Å². The lowest BCUT2D eigenvalue weighted by atomic mass is 10.1. The lowest BCUT2D eigenvalue weighted by molar-refractivity contribution is -0.122. The Labute approximate surface area is 139 Å². The number of amides is 1. The summed E-state index contributed by atoms with van der Waals surface area (Å²) in [6.45, 7) is 0.610. The van der Waals surface area contributed by atoms with Crippen LogP contribution < -0.4 is 10.0 Å². The maximum absolute atomic E-state index is 12.3. The second-order valence-corrected chi connectivity index (χ2v) is 7.20. The minimum absolute atomic E-state index is 0.229. The number of carbonyl (C=O) groups is 1. The van der Waals surface area contributed by atoms with Crippen molar-refractivity contribution >= 4 is 15.9 Å². The van der Waals surface area contributed by atoms with Crippen LogP contribution in [0.3, 0.4) is 0 Å². The number of methoxy groups -OCH3 is 1. The van der Waals surface area contributed by atoms with Gasteiger partial charge in [0.1, 0.15) is 6.04 Å². The van der Waals surface area contributed by atoms with Gasteiger partial charge in [-0.2, -0.15) is 9.82 Å². The van der Waals surface area contributed by atoms with Gasteiger partial charge in [-0.15, -0.1) is 0 Å². The van der Waals surface area contributed by atoms with E-state index in [4.69, 9.17) is 4.74 Å². The fraction of sp³-hybridized carbons (Fsp3) is 0.333. The topological polar surface area (TPSA) is 113 Å². The average molecular weight is 350 g/mol. The molecule has 3 rings (SSSR count). The van der Waals surface area contributed by atoms with Crippen LogP contribution in [0.15, 0.2) is 35.2 Å². The second kappa shape index (κ2) is 6.71. The number of hydrogen-bond acceptors (Lipinski definition) is 5. The van der Waals surface area contributed by atoms with Crippen molar-refractivity contribution < 1.29 is 17.9 Å². The van der Waals surface area contributed by atoms with Crippen LogP contribution in [0, 0.1) is 0 Å². The summed E-state index contributed by atoms with van der Waals surface area (Å²) in [7, 11) is -2.10. The molecule has 0 radical (unpaired) electrons. The lowest BCUT2D eigenvalue weighted by Crippen LogP contribution is -2.50. The summed E-state index contributed by atoms with van der Waals surface area (Å²) < 4.78 is 31.8. The van der Waals surface area contributed by atoms with Crippen molar-refractivity contribution in [1.82, 2.24) is 20.2 Å². The lowest BCUT2D eigenvalue weighted by Gasteiger charge is -2.24. The summed E-state index contributed by atoms with van der Waals surface area (Å²) >= 11 is 0. The molecule has 1 aliphatic heterocycles. The normalized spacial score (nSPS) is 18.8. The number of fused-ring (bicyclic) bond motifs is 1. The summed E-state index contributed by atoms with van der Waals surface area (Å²) in [6.07, 6.45) is 0.319. The molecule has 2 aromatic rings. The number of rotatable bonds is 5. The molecule has 24 heavy (non-hydrogen) atoms. The van der Waals surface area contributed by atoms with Gasteiger partial charge >= 0.3 is 0 Å². The molecule has 0 spiro atoms. The van der Waals surface area contributed by atoms with Gasteiger partial charge in [-0.3, -0.25) is 9.89 Å². The third-order valence-corrected chi connectivity index (χ3v) is 5.30. The largest absolute Gasteiger partial charge is 0.378 e. The summed E-state index contributed by atoms with van der Waals surface area (Å²) in [6, 6.07) is 7.63. The number of benzene rings is 1. The van der Waals surface area contributed by atoms with E-state index in [-0.39, 0.29) is 17.3 Å². The molecule has 0 fully saturated rings. The second-order valence-electron chi connectivity index (χ2n) is 5.52. The Kier molecular flexibility index (Phi) is 4.65. The zero-order valence-corrected chi connectivity index (χ0v) is 13.9. The fourth-order valence-electron chi connectivity index (χ4n) is 2.62. The van der Waals surface area contributed by atoms with Crippen molar-refractivity contribution in [2.45, 2.75) is 30.5 Å². The molecule has 2 heterocycles. The molecule has 9 heteroatoms. The van der Waals surface area contributed by atoms with Crippen LogP contribution in [-0.4, -0.2) is 37.7 Å². The SMILES string of the molecule is COCc1cc(CNC(=O)C2Cc3ccccc3S(=O)(=O)N2)[nH]n1. The molecule has 1 aromatic heterocycles. The number of ether oxygens (including phenoxy) is 1. The minimum Gasteiger partial charge on any atom is -0.378 e. The smallest absolute Gasteiger partial charge is 0.241 e. The van der Waals surface area contributed by atoms with Crippen molar-refractivity contribution in [2.24, 2.45) is 0 Å². The molecular weight excluding hydrogens is 332 g/mol. The van der Waals surface area contributed by atoms with E-state index in [1.165, 1.54) is 6.07 Å². The van der Waals surface area contributed by atoms with Crippen LogP contribution in [-0.2, 0) is 39.1 Å². The summed E-state index contributed by atoms with van der Waals surface area (Å²) in [4.78, 5) is 12.5. The summed E-state index contributed by atoms with van der Waals surface area (Å²) in [5.41, 5.74) is 2.09. The Morgan fingerprint density at radius 1 is 1.42 bits per heavy atom. The number of sulfonamides is 1. The Morgan fingerprint density at radius 2 is 2.21 bits per heavy atom. The molecule has 8 nitrogen and oxygen atoms in total. The van der Waals surface area contributed by atoms with Crippen molar-refractivity contribution in [3.05, 3.63) is 47.3 Å². The number of aromatic amines is 1. The first-order chi connectivity index (χ1) is 11.5. The van der Waals surface area contributed by atoms with Crippen LogP contribution >= 0.6 is 0 Å². The third kappa shape index (κ3) is 3.48. The van der Waals surface area contributed by atoms with Gasteiger partial charge in [-0.1, -0.05) is 18.2 Å². The predicted molar refractivity (Wildman–Crippen MR) is 85.4 cm³/mol. The maximum Gasteiger partial charge on any atom is 0.241 e. The van der Waals surface area contributed by atoms with Gasteiger partial charge in [0.15, 0.2) is 0 Å². The number of nitrogens with one attached hydrogen (secondary N) is 3. The van der Waals surface area contributed by atoms with Crippen molar-refractivity contribution in [2.75, 3.05) is 7.11 Å². The van der Waals surface area contributed by atoms with Crippen molar-refractivity contribution in [3.8, 4) is 0 Å². The zero-order chi connectivity index (χ0) is 17.2. The summed E-state index contributed by atoms with van der Waals surface area (Å²) in [5.74, 6) is -0.379. The van der Waals surface area contributed by atoms with E-state index < -0.39 is 16.1 Å². The van der Waals surface area contributed by atoms with E-state index in [1.54, 1.807) is 31.4 Å². The minimum atomic E-state index is -3.67. The molecule has 0 bridgehead atoms. The van der Waals surface area contributed by atoms with Gasteiger partial charge in [0.05, 0.1) is 29.4 Å². The van der Waals surface area contributed by atoms with Crippen LogP contribution in [0.5, 0.6) is 0 Å². The molecule has 3 N–H and O–H groups in total. The molecule has 0 aliphatic carbocycles. The Bertz CT molecular complexity index is 847. The number of aromatic nitrogens is 2. The molecule has 128 valence electrons. The highest BCUT2D eigenvalue weighted by atomic mass is 32.2. The van der Waals surface area contributed by atoms with Gasteiger partial charge < -0.3 is 10.1 Å². The Hall–Kier alpha value is -2.23. The van der Waals surface area contributed by atoms with Gasteiger partial charge in [-0.05, 0) is 24.1 Å². The highest BCUT2D eigenvalue weighted by Crippen LogP contribution is 2.22. The number of H-pyrrole nitrogens is 1. The molecule has 0 saturated carbocycles. The third-order valence-electron chi connectivity index (χ3n) is 3.73. The van der Waals surface area contributed by atoms with Gasteiger partial charge in [-0.25, -0.2) is 8.42 Å². The van der Waals surface area contributed by atoms with Gasteiger partial charge in [0.2, 0.25) is 15.9 Å². The van der Waals surface area contributed by atoms with E-state index in [1.807, 2.05) is 0 Å². The molecule has 1 aliphatic rings. The van der Waals surface area contributed by atoms with E-state index in [2.05, 4.69) is 20.2 Å². The van der Waals surface area contributed by atoms with E-state index in [9.17, 15) is 13.2 Å². The average Bonchev–Trinajstić information content (AvgIpc) is 3.00. The first kappa shape index (κ1) is 16.6. The van der Waals surface area contributed by atoms with Gasteiger partial charge in [0.25, 0.3) is 0 Å². The molecule has 0 saturated heterocycles. The number of carbonyl (C=O) groups excluding carboxylic acids is 1. The van der Waals surface area contributed by atoms with Crippen LogP contribution in [0.25, 0.3) is 0 Å². The first-order valence-corrected chi connectivity index (χ1v) is 8.88. The predicted octanol–water partition coefficient (Wildman–Crippen LogP) is 0.0755. The highest BCUT2D eigenvalue weighted by molar-refractivity contribution is 7.89. The number of nitrogens with zero attached hydrogens (tertiary/aromatic N) is 1. The zero-order valence-electron chi connectivity index (χ0n) is 13.1. The molecule has 1 amide bonds. The molecular formula is C15H18N4O4S. The molecule has 1 atom stereocenters. The quantitative estimate of drug-likeness (QED) is 0.706. The summed E-state index contributed by atoms with van der Waals surface area (Å²) in [5, 5.41) is 9.55. The fourth-order valence-corrected chi connectivity index (χ4v) is 4.07. The maximum atomic E-state index is 12.3. The number of hydrogen-bond donors (Lipinski definition) is 3. The van der Waals surface area contributed by atoms with Crippen LogP contribution in [0.2, 0.25) is 0 Å². The standard InChI is InChI=1S/C15H18N4O4S/c1-23-9-12-7-11(17-18-12)8-16-15(20)13-6-10-4-2-3-5-14(10)24(21,22)19-13/h2-5,7,13,19H,6,8-9H2,1H3,(H,16,20)(H,17,18). The molecule has 1 aromatic carbocycles. The van der Waals surface area contributed by atoms with Crippen LogP contribution in [0.1, 0.15) is 17.0 Å². The van der Waals surface area contributed by atoms with Crippen molar-refractivity contribution in [3.63, 3.8) is 0 Å². The van der Waals surface area contributed by atoms with E-state index >= 15 is 0 Å². The van der Waals surface area contributed by atoms with Gasteiger partial charge in [0, 0.05) is 7.11 Å². The molecule has 1 unspecified atom stereocenters.